The molecule has 0 amide bonds. The van der Waals surface area contributed by atoms with Crippen LogP contribution in [0.15, 0.2) is 182 Å². The van der Waals surface area contributed by atoms with Gasteiger partial charge in [0.2, 0.25) is 13.4 Å². The van der Waals surface area contributed by atoms with Crippen LogP contribution in [-0.4, -0.2) is 22.6 Å². The van der Waals surface area contributed by atoms with E-state index in [1.807, 2.05) is 0 Å². The molecule has 0 saturated heterocycles. The fourth-order valence-electron chi connectivity index (χ4n) is 12.0. The minimum absolute atomic E-state index is 0.132. The first-order valence-electron chi connectivity index (χ1n) is 20.5. The second kappa shape index (κ2) is 10.4. The summed E-state index contributed by atoms with van der Waals surface area (Å²) in [6, 6.07) is 68.9. The highest BCUT2D eigenvalue weighted by Gasteiger charge is 2.46. The summed E-state index contributed by atoms with van der Waals surface area (Å²) in [5.41, 5.74) is 26.8. The normalized spacial score (nSPS) is 13.4. The number of aromatic nitrogens is 2. The van der Waals surface area contributed by atoms with E-state index in [1.165, 1.54) is 132 Å². The Morgan fingerprint density at radius 2 is 0.724 bits per heavy atom. The Balaban J connectivity index is 1.13. The van der Waals surface area contributed by atoms with Crippen LogP contribution >= 0.6 is 0 Å². The van der Waals surface area contributed by atoms with E-state index in [4.69, 9.17) is 0 Å². The predicted octanol–water partition coefficient (Wildman–Crippen LogP) is 8.83. The lowest BCUT2D eigenvalue weighted by atomic mass is 9.35. The molecule has 0 unspecified atom stereocenters. The third kappa shape index (κ3) is 3.40. The molecule has 0 saturated carbocycles. The maximum absolute atomic E-state index is 2.65. The van der Waals surface area contributed by atoms with Crippen LogP contribution in [0.25, 0.3) is 99.5 Å². The lowest BCUT2D eigenvalue weighted by molar-refractivity contribution is 1.16. The van der Waals surface area contributed by atoms with Gasteiger partial charge in [-0.2, -0.15) is 0 Å². The summed E-state index contributed by atoms with van der Waals surface area (Å²) < 4.78 is 5.29. The first kappa shape index (κ1) is 29.9. The molecule has 9 aromatic carbocycles. The van der Waals surface area contributed by atoms with Gasteiger partial charge in [-0.25, -0.2) is 0 Å². The predicted molar refractivity (Wildman–Crippen MR) is 246 cm³/mol. The Morgan fingerprint density at radius 3 is 1.19 bits per heavy atom. The highest BCUT2D eigenvalue weighted by atomic mass is 15.0. The topological polar surface area (TPSA) is 9.86 Å². The Bertz CT molecular complexity index is 3440. The molecular weight excluding hydrogens is 698 g/mol. The van der Waals surface area contributed by atoms with Crippen molar-refractivity contribution in [2.24, 2.45) is 0 Å². The van der Waals surface area contributed by atoms with Crippen molar-refractivity contribution in [3.8, 4) is 55.9 Å². The maximum Gasteiger partial charge on any atom is 0.248 e. The number of hydrogen-bond acceptors (Lipinski definition) is 0. The van der Waals surface area contributed by atoms with Crippen LogP contribution in [0.5, 0.6) is 0 Å². The van der Waals surface area contributed by atoms with Crippen LogP contribution in [-0.2, 0) is 0 Å². The molecule has 2 aromatic heterocycles. The highest BCUT2D eigenvalue weighted by Crippen LogP contribution is 2.45. The molecule has 4 heteroatoms. The molecule has 0 aliphatic carbocycles. The number of rotatable bonds is 2. The number of hydrogen-bond donors (Lipinski definition) is 0. The second-order valence-corrected chi connectivity index (χ2v) is 16.7. The van der Waals surface area contributed by atoms with Gasteiger partial charge in [0.1, 0.15) is 0 Å². The largest absolute Gasteiger partial charge is 0.310 e. The van der Waals surface area contributed by atoms with E-state index in [-0.39, 0.29) is 13.4 Å². The van der Waals surface area contributed by atoms with Crippen molar-refractivity contribution in [1.29, 1.82) is 0 Å². The quantitative estimate of drug-likeness (QED) is 0.158. The highest BCUT2D eigenvalue weighted by molar-refractivity contribution is 7.03. The van der Waals surface area contributed by atoms with Gasteiger partial charge in [-0.1, -0.05) is 169 Å². The minimum Gasteiger partial charge on any atom is -0.310 e. The van der Waals surface area contributed by atoms with Gasteiger partial charge in [0.15, 0.2) is 0 Å². The molecule has 2 nitrogen and oxygen atoms in total. The van der Waals surface area contributed by atoms with Crippen molar-refractivity contribution in [1.82, 2.24) is 9.13 Å². The first-order chi connectivity index (χ1) is 28.8. The van der Waals surface area contributed by atoms with Crippen LogP contribution in [0.1, 0.15) is 0 Å². The molecule has 262 valence electrons. The standard InChI is InChI=1S/C54H30B2N2/c1-3-13-31(14-4-1)33-19-11-23-45-49(33)39-27-25-37-35-17-7-9-21-41(35)55-43-30-48-44(29-47(43)57(45)53(39)51(37)55)56-42-22-10-8-18-36(42)38-26-28-40-50-34(32-15-5-2-6-16-32)20-12-24-46(50)58(48)54(40)52(38)56/h1-30H. The smallest absolute Gasteiger partial charge is 0.248 e. The van der Waals surface area contributed by atoms with Gasteiger partial charge in [0.05, 0.1) is 11.0 Å². The molecule has 4 aliphatic rings. The Kier molecular flexibility index (Phi) is 5.34. The third-order valence-electron chi connectivity index (χ3n) is 14.1. The van der Waals surface area contributed by atoms with E-state index in [0.29, 0.717) is 0 Å². The Labute approximate surface area is 335 Å². The summed E-state index contributed by atoms with van der Waals surface area (Å²) in [7, 11) is 0. The van der Waals surface area contributed by atoms with Crippen LogP contribution in [0.2, 0.25) is 0 Å². The first-order valence-corrected chi connectivity index (χ1v) is 20.5. The van der Waals surface area contributed by atoms with Crippen molar-refractivity contribution < 1.29 is 0 Å². The molecule has 0 bridgehead atoms. The van der Waals surface area contributed by atoms with Crippen molar-refractivity contribution in [2.45, 2.75) is 0 Å². The fraction of sp³-hybridized carbons (Fsp3) is 0. The number of benzene rings is 9. The van der Waals surface area contributed by atoms with Gasteiger partial charge >= 0.3 is 0 Å². The van der Waals surface area contributed by atoms with E-state index in [0.717, 1.165) is 0 Å². The zero-order valence-electron chi connectivity index (χ0n) is 31.4. The molecule has 4 aliphatic heterocycles. The molecule has 0 fully saturated rings. The summed E-state index contributed by atoms with van der Waals surface area (Å²) in [5.74, 6) is 0. The average molecular weight is 728 g/mol. The molecule has 0 N–H and O–H groups in total. The zero-order valence-corrected chi connectivity index (χ0v) is 31.4. The van der Waals surface area contributed by atoms with Gasteiger partial charge in [-0.15, -0.1) is 0 Å². The molecule has 0 radical (unpaired) electrons. The molecule has 0 atom stereocenters. The van der Waals surface area contributed by atoms with Crippen molar-refractivity contribution in [3.05, 3.63) is 182 Å². The van der Waals surface area contributed by atoms with Gasteiger partial charge in [0, 0.05) is 44.0 Å². The second-order valence-electron chi connectivity index (χ2n) is 16.7. The van der Waals surface area contributed by atoms with Gasteiger partial charge < -0.3 is 9.13 Å². The maximum atomic E-state index is 2.65. The van der Waals surface area contributed by atoms with Crippen LogP contribution in [0.4, 0.5) is 0 Å². The van der Waals surface area contributed by atoms with E-state index >= 15 is 0 Å². The average Bonchev–Trinajstić information content (AvgIpc) is 4.02. The monoisotopic (exact) mass is 728 g/mol. The van der Waals surface area contributed by atoms with Crippen LogP contribution in [0.3, 0.4) is 0 Å². The number of nitrogens with zero attached hydrogens (tertiary/aromatic N) is 2. The minimum atomic E-state index is 0.132. The zero-order chi connectivity index (χ0) is 37.4. The summed E-state index contributed by atoms with van der Waals surface area (Å²) in [5, 5.41) is 5.33. The Hall–Kier alpha value is -7.29. The molecule has 11 aromatic rings. The fourth-order valence-corrected chi connectivity index (χ4v) is 12.0. The van der Waals surface area contributed by atoms with Crippen LogP contribution < -0.4 is 32.8 Å². The molecular formula is C54H30B2N2. The molecule has 6 heterocycles. The lowest BCUT2D eigenvalue weighted by Crippen LogP contribution is -2.57. The van der Waals surface area contributed by atoms with E-state index in [1.54, 1.807) is 0 Å². The van der Waals surface area contributed by atoms with Crippen molar-refractivity contribution in [2.75, 3.05) is 0 Å². The number of fused-ring (bicyclic) bond motifs is 18. The molecule has 15 rings (SSSR count). The molecule has 58 heavy (non-hydrogen) atoms. The summed E-state index contributed by atoms with van der Waals surface area (Å²) in [6.45, 7) is 0.265. The van der Waals surface area contributed by atoms with Gasteiger partial charge in [0.25, 0.3) is 0 Å². The van der Waals surface area contributed by atoms with E-state index < -0.39 is 0 Å². The molecule has 0 spiro atoms. The SMILES string of the molecule is c1ccc(-c2cccc3c2c2ccc4c5c2n3-c2cc3c(cc2B5c2ccccc2-4)-n2c4cccc(-c5ccccc5)c4c4ccc5c(c42)B3c2ccccc2-5)cc1. The van der Waals surface area contributed by atoms with E-state index in [9.17, 15) is 0 Å². The Morgan fingerprint density at radius 1 is 0.310 bits per heavy atom. The van der Waals surface area contributed by atoms with Gasteiger partial charge in [-0.3, -0.25) is 0 Å². The lowest BCUT2D eigenvalue weighted by Gasteiger charge is -2.31. The van der Waals surface area contributed by atoms with Crippen molar-refractivity contribution in [3.63, 3.8) is 0 Å². The summed E-state index contributed by atoms with van der Waals surface area (Å²) >= 11 is 0. The van der Waals surface area contributed by atoms with E-state index in [2.05, 4.69) is 191 Å². The summed E-state index contributed by atoms with van der Waals surface area (Å²) in [6.07, 6.45) is 0. The third-order valence-corrected chi connectivity index (χ3v) is 14.1. The van der Waals surface area contributed by atoms with Gasteiger partial charge in [-0.05, 0) is 90.6 Å². The van der Waals surface area contributed by atoms with Crippen molar-refractivity contribution >= 4 is 89.8 Å². The van der Waals surface area contributed by atoms with Crippen LogP contribution in [0, 0.1) is 0 Å². The summed E-state index contributed by atoms with van der Waals surface area (Å²) in [4.78, 5) is 0.